The van der Waals surface area contributed by atoms with Crippen molar-refractivity contribution < 1.29 is 17.9 Å². The van der Waals surface area contributed by atoms with Gasteiger partial charge in [-0.05, 0) is 31.4 Å². The molecular weight excluding hydrogens is 281 g/mol. The monoisotopic (exact) mass is 302 g/mol. The topological polar surface area (TPSA) is 38.5 Å². The van der Waals surface area contributed by atoms with Crippen LogP contribution in [0.1, 0.15) is 25.7 Å². The lowest BCUT2D eigenvalue weighted by molar-refractivity contribution is -0.136. The van der Waals surface area contributed by atoms with Crippen molar-refractivity contribution >= 4 is 5.69 Å². The van der Waals surface area contributed by atoms with Crippen molar-refractivity contribution in [1.29, 1.82) is 0 Å². The normalized spacial score (nSPS) is 17.0. The Morgan fingerprint density at radius 1 is 1.24 bits per heavy atom. The molecule has 0 saturated carbocycles. The van der Waals surface area contributed by atoms with Crippen LogP contribution >= 0.6 is 0 Å². The van der Waals surface area contributed by atoms with Gasteiger partial charge in [-0.1, -0.05) is 6.07 Å². The Kier molecular flexibility index (Phi) is 5.33. The Balaban J connectivity index is 1.83. The molecule has 118 valence electrons. The number of anilines is 1. The third-order valence-electron chi connectivity index (χ3n) is 3.60. The molecule has 1 aliphatic heterocycles. The molecule has 21 heavy (non-hydrogen) atoms. The lowest BCUT2D eigenvalue weighted by Crippen LogP contribution is -2.39. The number of ether oxygens (including phenoxy) is 1. The first-order valence-electron chi connectivity index (χ1n) is 7.24. The van der Waals surface area contributed by atoms with Gasteiger partial charge >= 0.3 is 6.18 Å². The number of benzene rings is 1. The van der Waals surface area contributed by atoms with E-state index in [0.29, 0.717) is 5.75 Å². The minimum Gasteiger partial charge on any atom is -0.494 e. The molecule has 0 spiro atoms. The summed E-state index contributed by atoms with van der Waals surface area (Å²) in [6.07, 6.45) is -3.03. The van der Waals surface area contributed by atoms with E-state index in [1.165, 1.54) is 0 Å². The maximum Gasteiger partial charge on any atom is 0.389 e. The third-order valence-corrected chi connectivity index (χ3v) is 3.60. The van der Waals surface area contributed by atoms with E-state index in [4.69, 9.17) is 10.5 Å². The number of rotatable bonds is 5. The molecule has 2 N–H and O–H groups in total. The zero-order valence-electron chi connectivity index (χ0n) is 11.9. The van der Waals surface area contributed by atoms with Crippen LogP contribution in [0.4, 0.5) is 18.9 Å². The Morgan fingerprint density at radius 3 is 2.62 bits per heavy atom. The molecule has 0 unspecified atom stereocenters. The second-order valence-electron chi connectivity index (χ2n) is 5.39. The molecule has 1 fully saturated rings. The number of piperidine rings is 1. The minimum absolute atomic E-state index is 0.0215. The summed E-state index contributed by atoms with van der Waals surface area (Å²) in [5.74, 6) is 0.615. The average molecular weight is 302 g/mol. The van der Waals surface area contributed by atoms with Gasteiger partial charge in [-0.3, -0.25) is 0 Å². The molecule has 1 aromatic rings. The zero-order valence-corrected chi connectivity index (χ0v) is 11.9. The molecule has 2 rings (SSSR count). The predicted octanol–water partition coefficient (Wildman–Crippen LogP) is 3.34. The molecule has 0 radical (unpaired) electrons. The molecule has 6 heteroatoms. The average Bonchev–Trinajstić information content (AvgIpc) is 2.44. The van der Waals surface area contributed by atoms with Gasteiger partial charge in [0.05, 0.1) is 6.61 Å². The molecular formula is C15H21F3N2O. The summed E-state index contributed by atoms with van der Waals surface area (Å²) in [6.45, 7) is 1.88. The highest BCUT2D eigenvalue weighted by atomic mass is 19.4. The van der Waals surface area contributed by atoms with Crippen molar-refractivity contribution in [3.8, 4) is 5.75 Å². The lowest BCUT2D eigenvalue weighted by Gasteiger charge is -2.32. The van der Waals surface area contributed by atoms with E-state index in [0.717, 1.165) is 31.6 Å². The summed E-state index contributed by atoms with van der Waals surface area (Å²) < 4.78 is 41.5. The van der Waals surface area contributed by atoms with Crippen LogP contribution in [0.2, 0.25) is 0 Å². The summed E-state index contributed by atoms with van der Waals surface area (Å²) in [4.78, 5) is 2.23. The standard InChI is InChI=1S/C15H21F3N2O/c16-15(17,18)7-2-10-21-14-4-1-3-13(11-14)20-8-5-12(19)6-9-20/h1,3-4,11-12H,2,5-10,19H2. The summed E-state index contributed by atoms with van der Waals surface area (Å²) in [7, 11) is 0. The van der Waals surface area contributed by atoms with Crippen LogP contribution in [0.25, 0.3) is 0 Å². The van der Waals surface area contributed by atoms with Gasteiger partial charge in [-0.15, -0.1) is 0 Å². The molecule has 1 aromatic carbocycles. The summed E-state index contributed by atoms with van der Waals surface area (Å²) in [5.41, 5.74) is 6.92. The van der Waals surface area contributed by atoms with Gasteiger partial charge in [0.25, 0.3) is 0 Å². The molecule has 0 amide bonds. The van der Waals surface area contributed by atoms with E-state index in [9.17, 15) is 13.2 Å². The molecule has 1 aliphatic rings. The van der Waals surface area contributed by atoms with Gasteiger partial charge in [-0.25, -0.2) is 0 Å². The summed E-state index contributed by atoms with van der Waals surface area (Å²) in [5, 5.41) is 0. The van der Waals surface area contributed by atoms with Crippen LogP contribution in [0.3, 0.4) is 0 Å². The Bertz CT molecular complexity index is 443. The number of hydrogen-bond donors (Lipinski definition) is 1. The number of hydrogen-bond acceptors (Lipinski definition) is 3. The van der Waals surface area contributed by atoms with Crippen LogP contribution in [0.5, 0.6) is 5.75 Å². The maximum absolute atomic E-state index is 12.0. The zero-order chi connectivity index (χ0) is 15.3. The van der Waals surface area contributed by atoms with Gasteiger partial charge in [0.2, 0.25) is 0 Å². The summed E-state index contributed by atoms with van der Waals surface area (Å²) >= 11 is 0. The Labute approximate surface area is 122 Å². The molecule has 0 bridgehead atoms. The van der Waals surface area contributed by atoms with Crippen LogP contribution in [0, 0.1) is 0 Å². The first-order valence-corrected chi connectivity index (χ1v) is 7.24. The van der Waals surface area contributed by atoms with Crippen molar-refractivity contribution in [3.05, 3.63) is 24.3 Å². The first-order chi connectivity index (χ1) is 9.94. The van der Waals surface area contributed by atoms with Crippen molar-refractivity contribution in [3.63, 3.8) is 0 Å². The van der Waals surface area contributed by atoms with Crippen molar-refractivity contribution in [1.82, 2.24) is 0 Å². The molecule has 1 saturated heterocycles. The number of nitrogens with two attached hydrogens (primary N) is 1. The van der Waals surface area contributed by atoms with Crippen molar-refractivity contribution in [2.45, 2.75) is 37.9 Å². The van der Waals surface area contributed by atoms with Crippen LogP contribution in [-0.4, -0.2) is 31.9 Å². The quantitative estimate of drug-likeness (QED) is 0.848. The lowest BCUT2D eigenvalue weighted by atomic mass is 10.1. The Morgan fingerprint density at radius 2 is 1.95 bits per heavy atom. The third kappa shape index (κ3) is 5.46. The van der Waals surface area contributed by atoms with Crippen molar-refractivity contribution in [2.24, 2.45) is 5.73 Å². The maximum atomic E-state index is 12.0. The van der Waals surface area contributed by atoms with Gasteiger partial charge in [0, 0.05) is 37.3 Å². The fraction of sp³-hybridized carbons (Fsp3) is 0.600. The molecule has 1 heterocycles. The van der Waals surface area contributed by atoms with Crippen LogP contribution in [-0.2, 0) is 0 Å². The number of halogens is 3. The Hall–Kier alpha value is -1.43. The highest BCUT2D eigenvalue weighted by Gasteiger charge is 2.26. The van der Waals surface area contributed by atoms with Crippen molar-refractivity contribution in [2.75, 3.05) is 24.6 Å². The predicted molar refractivity (Wildman–Crippen MR) is 76.6 cm³/mol. The molecule has 0 aromatic heterocycles. The molecule has 3 nitrogen and oxygen atoms in total. The van der Waals surface area contributed by atoms with Gasteiger partial charge < -0.3 is 15.4 Å². The van der Waals surface area contributed by atoms with E-state index in [1.807, 2.05) is 18.2 Å². The fourth-order valence-electron chi connectivity index (χ4n) is 2.39. The summed E-state index contributed by atoms with van der Waals surface area (Å²) in [6, 6.07) is 7.77. The van der Waals surface area contributed by atoms with Gasteiger partial charge in [0.1, 0.15) is 5.75 Å². The van der Waals surface area contributed by atoms with Gasteiger partial charge in [-0.2, -0.15) is 13.2 Å². The first kappa shape index (κ1) is 15.9. The largest absolute Gasteiger partial charge is 0.494 e. The second kappa shape index (κ2) is 7.02. The van der Waals surface area contributed by atoms with E-state index in [1.54, 1.807) is 6.07 Å². The smallest absolute Gasteiger partial charge is 0.389 e. The number of alkyl halides is 3. The molecule has 0 aliphatic carbocycles. The minimum atomic E-state index is -4.11. The fourth-order valence-corrected chi connectivity index (χ4v) is 2.39. The van der Waals surface area contributed by atoms with E-state index in [2.05, 4.69) is 4.90 Å². The molecule has 0 atom stereocenters. The van der Waals surface area contributed by atoms with E-state index >= 15 is 0 Å². The second-order valence-corrected chi connectivity index (χ2v) is 5.39. The SMILES string of the molecule is NC1CCN(c2cccc(OCCCC(F)(F)F)c2)CC1. The van der Waals surface area contributed by atoms with Crippen LogP contribution < -0.4 is 15.4 Å². The highest BCUT2D eigenvalue weighted by Crippen LogP contribution is 2.25. The van der Waals surface area contributed by atoms with E-state index in [-0.39, 0.29) is 19.1 Å². The van der Waals surface area contributed by atoms with Gasteiger partial charge in [0.15, 0.2) is 0 Å². The number of nitrogens with zero attached hydrogens (tertiary/aromatic N) is 1. The highest BCUT2D eigenvalue weighted by molar-refractivity contribution is 5.51. The van der Waals surface area contributed by atoms with Crippen LogP contribution in [0.15, 0.2) is 24.3 Å². The van der Waals surface area contributed by atoms with E-state index < -0.39 is 12.6 Å².